The number of aliphatic hydroxyl groups is 1. The van der Waals surface area contributed by atoms with Gasteiger partial charge >= 0.3 is 0 Å². The van der Waals surface area contributed by atoms with Crippen LogP contribution in [0, 0.1) is 5.82 Å². The van der Waals surface area contributed by atoms with Crippen LogP contribution in [0.1, 0.15) is 18.6 Å². The first-order chi connectivity index (χ1) is 7.10. The SMILES string of the molecule is C=C/C(=C/C)C(O)c1cc(Cl)ccc1F. The van der Waals surface area contributed by atoms with Crippen LogP contribution in [0.2, 0.25) is 5.02 Å². The van der Waals surface area contributed by atoms with Crippen molar-refractivity contribution < 1.29 is 9.50 Å². The lowest BCUT2D eigenvalue weighted by Crippen LogP contribution is -2.02. The highest BCUT2D eigenvalue weighted by Gasteiger charge is 2.15. The van der Waals surface area contributed by atoms with E-state index in [-0.39, 0.29) is 5.56 Å². The van der Waals surface area contributed by atoms with Crippen LogP contribution in [0.15, 0.2) is 42.5 Å². The molecule has 1 rings (SSSR count). The van der Waals surface area contributed by atoms with Gasteiger partial charge in [-0.05, 0) is 30.7 Å². The van der Waals surface area contributed by atoms with E-state index in [0.717, 1.165) is 0 Å². The number of halogens is 2. The van der Waals surface area contributed by atoms with Gasteiger partial charge in [-0.15, -0.1) is 0 Å². The molecule has 1 aromatic rings. The number of hydrogen-bond donors (Lipinski definition) is 1. The third-order valence-electron chi connectivity index (χ3n) is 2.14. The summed E-state index contributed by atoms with van der Waals surface area (Å²) in [5.74, 6) is -0.479. The fourth-order valence-corrected chi connectivity index (χ4v) is 1.47. The molecule has 0 spiro atoms. The van der Waals surface area contributed by atoms with Crippen molar-refractivity contribution in [1.29, 1.82) is 0 Å². The second-order valence-corrected chi connectivity index (χ2v) is 3.50. The summed E-state index contributed by atoms with van der Waals surface area (Å²) in [6.07, 6.45) is 2.15. The zero-order valence-corrected chi connectivity index (χ0v) is 9.13. The highest BCUT2D eigenvalue weighted by Crippen LogP contribution is 2.26. The molecular weight excluding hydrogens is 215 g/mol. The van der Waals surface area contributed by atoms with Gasteiger partial charge < -0.3 is 5.11 Å². The summed E-state index contributed by atoms with van der Waals surface area (Å²) in [4.78, 5) is 0. The number of aliphatic hydroxyl groups excluding tert-OH is 1. The molecule has 1 aromatic carbocycles. The van der Waals surface area contributed by atoms with Crippen LogP contribution in [0.25, 0.3) is 0 Å². The first kappa shape index (κ1) is 12.0. The summed E-state index contributed by atoms with van der Waals surface area (Å²) in [7, 11) is 0. The van der Waals surface area contributed by atoms with Crippen LogP contribution in [0.3, 0.4) is 0 Å². The number of hydrogen-bond acceptors (Lipinski definition) is 1. The highest BCUT2D eigenvalue weighted by atomic mass is 35.5. The summed E-state index contributed by atoms with van der Waals surface area (Å²) in [6, 6.07) is 4.09. The third-order valence-corrected chi connectivity index (χ3v) is 2.37. The lowest BCUT2D eigenvalue weighted by atomic mass is 10.0. The van der Waals surface area contributed by atoms with Crippen LogP contribution in [0.4, 0.5) is 4.39 Å². The molecular formula is C12H12ClFO. The largest absolute Gasteiger partial charge is 0.384 e. The predicted octanol–water partition coefficient (Wildman–Crippen LogP) is 3.64. The van der Waals surface area contributed by atoms with Gasteiger partial charge in [0, 0.05) is 10.6 Å². The number of benzene rings is 1. The monoisotopic (exact) mass is 226 g/mol. The molecule has 0 aliphatic carbocycles. The maximum Gasteiger partial charge on any atom is 0.129 e. The van der Waals surface area contributed by atoms with Crippen LogP contribution in [-0.2, 0) is 0 Å². The Morgan fingerprint density at radius 3 is 2.80 bits per heavy atom. The van der Waals surface area contributed by atoms with Crippen LogP contribution in [0.5, 0.6) is 0 Å². The fraction of sp³-hybridized carbons (Fsp3) is 0.167. The Hall–Kier alpha value is -1.12. The molecule has 0 saturated heterocycles. The summed E-state index contributed by atoms with van der Waals surface area (Å²) in [5.41, 5.74) is 0.715. The number of allylic oxidation sites excluding steroid dienone is 1. The van der Waals surface area contributed by atoms with E-state index >= 15 is 0 Å². The van der Waals surface area contributed by atoms with Crippen molar-refractivity contribution in [3.05, 3.63) is 58.9 Å². The molecule has 0 fully saturated rings. The smallest absolute Gasteiger partial charge is 0.129 e. The lowest BCUT2D eigenvalue weighted by Gasteiger charge is -2.13. The van der Waals surface area contributed by atoms with E-state index in [1.807, 2.05) is 0 Å². The van der Waals surface area contributed by atoms with Crippen molar-refractivity contribution in [3.8, 4) is 0 Å². The molecule has 0 bridgehead atoms. The molecule has 0 saturated carbocycles. The quantitative estimate of drug-likeness (QED) is 0.781. The molecule has 0 amide bonds. The molecule has 15 heavy (non-hydrogen) atoms. The standard InChI is InChI=1S/C12H12ClFO/c1-3-8(4-2)12(15)10-7-9(13)5-6-11(10)14/h3-7,12,15H,1H2,2H3/b8-4-. The summed E-state index contributed by atoms with van der Waals surface area (Å²) < 4.78 is 13.4. The molecule has 1 atom stereocenters. The van der Waals surface area contributed by atoms with Crippen molar-refractivity contribution in [1.82, 2.24) is 0 Å². The van der Waals surface area contributed by atoms with Crippen molar-refractivity contribution in [2.45, 2.75) is 13.0 Å². The second-order valence-electron chi connectivity index (χ2n) is 3.06. The minimum absolute atomic E-state index is 0.163. The van der Waals surface area contributed by atoms with Gasteiger partial charge in [0.25, 0.3) is 0 Å². The summed E-state index contributed by atoms with van der Waals surface area (Å²) in [6.45, 7) is 5.30. The van der Waals surface area contributed by atoms with Gasteiger partial charge in [0.05, 0.1) is 0 Å². The maximum atomic E-state index is 13.4. The Kier molecular flexibility index (Phi) is 4.06. The molecule has 1 unspecified atom stereocenters. The molecule has 3 heteroatoms. The highest BCUT2D eigenvalue weighted by molar-refractivity contribution is 6.30. The van der Waals surface area contributed by atoms with E-state index in [0.29, 0.717) is 10.6 Å². The Morgan fingerprint density at radius 2 is 2.27 bits per heavy atom. The lowest BCUT2D eigenvalue weighted by molar-refractivity contribution is 0.214. The molecule has 1 nitrogen and oxygen atoms in total. The van der Waals surface area contributed by atoms with E-state index in [1.165, 1.54) is 24.3 Å². The van der Waals surface area contributed by atoms with Gasteiger partial charge in [-0.25, -0.2) is 4.39 Å². The normalized spacial score (nSPS) is 13.7. The van der Waals surface area contributed by atoms with E-state index in [9.17, 15) is 9.50 Å². The van der Waals surface area contributed by atoms with Crippen molar-refractivity contribution in [2.75, 3.05) is 0 Å². The van der Waals surface area contributed by atoms with E-state index in [4.69, 9.17) is 11.6 Å². The van der Waals surface area contributed by atoms with E-state index in [1.54, 1.807) is 13.0 Å². The van der Waals surface area contributed by atoms with Crippen molar-refractivity contribution in [2.24, 2.45) is 0 Å². The summed E-state index contributed by atoms with van der Waals surface area (Å²) in [5, 5.41) is 10.2. The zero-order valence-electron chi connectivity index (χ0n) is 8.37. The molecule has 0 aromatic heterocycles. The Bertz CT molecular complexity index is 399. The fourth-order valence-electron chi connectivity index (χ4n) is 1.29. The average Bonchev–Trinajstić information content (AvgIpc) is 2.23. The first-order valence-electron chi connectivity index (χ1n) is 4.51. The molecule has 80 valence electrons. The van der Waals surface area contributed by atoms with E-state index in [2.05, 4.69) is 6.58 Å². The molecule has 0 heterocycles. The van der Waals surface area contributed by atoms with Crippen LogP contribution < -0.4 is 0 Å². The van der Waals surface area contributed by atoms with Gasteiger partial charge in [0.15, 0.2) is 0 Å². The maximum absolute atomic E-state index is 13.4. The summed E-state index contributed by atoms with van der Waals surface area (Å²) >= 11 is 5.73. The number of rotatable bonds is 3. The Labute approximate surface area is 93.5 Å². The van der Waals surface area contributed by atoms with Crippen molar-refractivity contribution >= 4 is 11.6 Å². The Morgan fingerprint density at radius 1 is 1.60 bits per heavy atom. The zero-order chi connectivity index (χ0) is 11.4. The van der Waals surface area contributed by atoms with Crippen molar-refractivity contribution in [3.63, 3.8) is 0 Å². The molecule has 0 aliphatic heterocycles. The molecule has 1 N–H and O–H groups in total. The minimum Gasteiger partial charge on any atom is -0.384 e. The third kappa shape index (κ3) is 2.67. The van der Waals surface area contributed by atoms with Gasteiger partial charge in [-0.2, -0.15) is 0 Å². The molecule has 0 aliphatic rings. The van der Waals surface area contributed by atoms with Crippen LogP contribution >= 0.6 is 11.6 Å². The van der Waals surface area contributed by atoms with Crippen LogP contribution in [-0.4, -0.2) is 5.11 Å². The first-order valence-corrected chi connectivity index (χ1v) is 4.89. The van der Waals surface area contributed by atoms with Gasteiger partial charge in [-0.3, -0.25) is 0 Å². The van der Waals surface area contributed by atoms with E-state index < -0.39 is 11.9 Å². The molecule has 0 radical (unpaired) electrons. The average molecular weight is 227 g/mol. The predicted molar refractivity (Wildman–Crippen MR) is 60.3 cm³/mol. The van der Waals surface area contributed by atoms with Gasteiger partial charge in [0.2, 0.25) is 0 Å². The minimum atomic E-state index is -1.02. The second kappa shape index (κ2) is 5.10. The van der Waals surface area contributed by atoms with Gasteiger partial charge in [-0.1, -0.05) is 30.3 Å². The topological polar surface area (TPSA) is 20.2 Å². The Balaban J connectivity index is 3.15. The van der Waals surface area contributed by atoms with Gasteiger partial charge in [0.1, 0.15) is 11.9 Å².